The first-order valence-corrected chi connectivity index (χ1v) is 7.77. The third-order valence-corrected chi connectivity index (χ3v) is 3.44. The Morgan fingerprint density at radius 3 is 2.55 bits per heavy atom. The summed E-state index contributed by atoms with van der Waals surface area (Å²) in [7, 11) is 2.12. The van der Waals surface area contributed by atoms with Gasteiger partial charge in [-0.3, -0.25) is 4.90 Å². The minimum absolute atomic E-state index is 0.198. The van der Waals surface area contributed by atoms with E-state index in [1.807, 2.05) is 6.08 Å². The van der Waals surface area contributed by atoms with Gasteiger partial charge in [0, 0.05) is 6.54 Å². The molecule has 0 atom stereocenters. The summed E-state index contributed by atoms with van der Waals surface area (Å²) >= 11 is 0. The van der Waals surface area contributed by atoms with Crippen molar-refractivity contribution in [2.45, 2.75) is 27.3 Å². The van der Waals surface area contributed by atoms with Crippen LogP contribution in [0, 0.1) is 17.3 Å². The second-order valence-electron chi connectivity index (χ2n) is 6.83. The Bertz CT molecular complexity index is 702. The van der Waals surface area contributed by atoms with E-state index in [1.165, 1.54) is 16.3 Å². The van der Waals surface area contributed by atoms with Crippen molar-refractivity contribution in [1.29, 1.82) is 0 Å². The lowest BCUT2D eigenvalue weighted by Crippen LogP contribution is -2.18. The average Bonchev–Trinajstić information content (AvgIpc) is 2.46. The quantitative estimate of drug-likeness (QED) is 0.729. The average molecular weight is 291 g/mol. The molecule has 0 fully saturated rings. The fraction of sp³-hybridized carbons (Fsp3) is 0.333. The smallest absolute Gasteiger partial charge is 0.0605 e. The maximum Gasteiger partial charge on any atom is 0.0605 e. The molecule has 0 saturated heterocycles. The lowest BCUT2D eigenvalue weighted by molar-refractivity contribution is 0.370. The van der Waals surface area contributed by atoms with Crippen LogP contribution < -0.4 is 0 Å². The van der Waals surface area contributed by atoms with Crippen molar-refractivity contribution in [2.24, 2.45) is 5.41 Å². The molecule has 0 spiro atoms. The van der Waals surface area contributed by atoms with Gasteiger partial charge in [0.25, 0.3) is 0 Å². The van der Waals surface area contributed by atoms with Crippen molar-refractivity contribution < 1.29 is 0 Å². The van der Waals surface area contributed by atoms with Gasteiger partial charge in [0.1, 0.15) is 0 Å². The van der Waals surface area contributed by atoms with E-state index in [4.69, 9.17) is 0 Å². The van der Waals surface area contributed by atoms with Crippen LogP contribution >= 0.6 is 0 Å². The Morgan fingerprint density at radius 2 is 1.77 bits per heavy atom. The summed E-state index contributed by atoms with van der Waals surface area (Å²) in [5.74, 6) is 6.34. The van der Waals surface area contributed by atoms with Gasteiger partial charge in [0.05, 0.1) is 6.54 Å². The Morgan fingerprint density at radius 1 is 1.05 bits per heavy atom. The fourth-order valence-corrected chi connectivity index (χ4v) is 2.31. The van der Waals surface area contributed by atoms with Crippen molar-refractivity contribution >= 4 is 10.8 Å². The largest absolute Gasteiger partial charge is 0.291 e. The number of rotatable bonds is 3. The molecule has 2 rings (SSSR count). The van der Waals surface area contributed by atoms with Gasteiger partial charge in [-0.05, 0) is 34.9 Å². The molecule has 2 aromatic rings. The molecule has 0 aliphatic rings. The summed E-state index contributed by atoms with van der Waals surface area (Å²) in [4.78, 5) is 2.25. The van der Waals surface area contributed by atoms with E-state index in [9.17, 15) is 0 Å². The van der Waals surface area contributed by atoms with Gasteiger partial charge in [-0.1, -0.05) is 81.2 Å². The Kier molecular flexibility index (Phi) is 5.41. The summed E-state index contributed by atoms with van der Waals surface area (Å²) in [5.41, 5.74) is 1.55. The first kappa shape index (κ1) is 16.3. The Balaban J connectivity index is 1.99. The molecule has 22 heavy (non-hydrogen) atoms. The van der Waals surface area contributed by atoms with Gasteiger partial charge < -0.3 is 0 Å². The molecule has 114 valence electrons. The molecule has 0 radical (unpaired) electrons. The van der Waals surface area contributed by atoms with Crippen LogP contribution in [-0.4, -0.2) is 18.5 Å². The van der Waals surface area contributed by atoms with E-state index in [0.717, 1.165) is 13.1 Å². The van der Waals surface area contributed by atoms with Crippen LogP contribution in [0.15, 0.2) is 54.6 Å². The van der Waals surface area contributed by atoms with Gasteiger partial charge in [0.2, 0.25) is 0 Å². The predicted octanol–water partition coefficient (Wildman–Crippen LogP) is 4.88. The molecule has 0 unspecified atom stereocenters. The van der Waals surface area contributed by atoms with Crippen LogP contribution in [0.3, 0.4) is 0 Å². The zero-order chi connectivity index (χ0) is 16.0. The second-order valence-corrected chi connectivity index (χ2v) is 6.83. The van der Waals surface area contributed by atoms with Crippen molar-refractivity contribution in [3.8, 4) is 11.8 Å². The number of fused-ring (bicyclic) bond motifs is 1. The van der Waals surface area contributed by atoms with Gasteiger partial charge in [-0.25, -0.2) is 0 Å². The first-order chi connectivity index (χ1) is 10.5. The van der Waals surface area contributed by atoms with Crippen LogP contribution in [-0.2, 0) is 6.54 Å². The lowest BCUT2D eigenvalue weighted by Gasteiger charge is -2.15. The highest BCUT2D eigenvalue weighted by atomic mass is 15.1. The van der Waals surface area contributed by atoms with Gasteiger partial charge in [0.15, 0.2) is 0 Å². The Hall–Kier alpha value is -2.04. The molecular formula is C21H25N. The minimum Gasteiger partial charge on any atom is -0.291 e. The maximum atomic E-state index is 3.22. The van der Waals surface area contributed by atoms with Crippen molar-refractivity contribution in [3.63, 3.8) is 0 Å². The van der Waals surface area contributed by atoms with E-state index in [1.54, 1.807) is 0 Å². The molecule has 0 aliphatic carbocycles. The molecule has 0 heterocycles. The van der Waals surface area contributed by atoms with E-state index >= 15 is 0 Å². The molecule has 0 N–H and O–H groups in total. The van der Waals surface area contributed by atoms with Crippen LogP contribution in [0.25, 0.3) is 10.8 Å². The zero-order valence-corrected chi connectivity index (χ0v) is 14.1. The topological polar surface area (TPSA) is 3.24 Å². The van der Waals surface area contributed by atoms with E-state index in [0.29, 0.717) is 0 Å². The maximum absolute atomic E-state index is 3.22. The Labute approximate surface area is 134 Å². The van der Waals surface area contributed by atoms with Crippen LogP contribution in [0.2, 0.25) is 0 Å². The normalized spacial score (nSPS) is 11.9. The third kappa shape index (κ3) is 5.06. The van der Waals surface area contributed by atoms with Gasteiger partial charge in [-0.15, -0.1) is 0 Å². The molecular weight excluding hydrogens is 266 g/mol. The van der Waals surface area contributed by atoms with Gasteiger partial charge >= 0.3 is 0 Å². The lowest BCUT2D eigenvalue weighted by atomic mass is 9.96. The highest BCUT2D eigenvalue weighted by Crippen LogP contribution is 2.19. The number of hydrogen-bond acceptors (Lipinski definition) is 1. The van der Waals surface area contributed by atoms with E-state index < -0.39 is 0 Å². The fourth-order valence-electron chi connectivity index (χ4n) is 2.31. The van der Waals surface area contributed by atoms with Gasteiger partial charge in [-0.2, -0.15) is 0 Å². The van der Waals surface area contributed by atoms with E-state index in [-0.39, 0.29) is 5.41 Å². The molecule has 1 nitrogen and oxygen atoms in total. The summed E-state index contributed by atoms with van der Waals surface area (Å²) in [6, 6.07) is 15.0. The predicted molar refractivity (Wildman–Crippen MR) is 96.7 cm³/mol. The van der Waals surface area contributed by atoms with Crippen molar-refractivity contribution in [1.82, 2.24) is 4.90 Å². The molecule has 0 aromatic heterocycles. The summed E-state index contributed by atoms with van der Waals surface area (Å²) < 4.78 is 0. The molecule has 1 heteroatoms. The van der Waals surface area contributed by atoms with Crippen molar-refractivity contribution in [2.75, 3.05) is 13.6 Å². The summed E-state index contributed by atoms with van der Waals surface area (Å²) in [6.45, 7) is 8.23. The number of nitrogens with zero attached hydrogens (tertiary/aromatic N) is 1. The van der Waals surface area contributed by atoms with Crippen LogP contribution in [0.1, 0.15) is 26.3 Å². The van der Waals surface area contributed by atoms with Crippen LogP contribution in [0.4, 0.5) is 0 Å². The van der Waals surface area contributed by atoms with Crippen LogP contribution in [0.5, 0.6) is 0 Å². The highest BCUT2D eigenvalue weighted by Gasteiger charge is 2.03. The summed E-state index contributed by atoms with van der Waals surface area (Å²) in [5, 5.41) is 2.63. The zero-order valence-electron chi connectivity index (χ0n) is 14.1. The molecule has 2 aromatic carbocycles. The number of allylic oxidation sites excluding steroid dienone is 2. The molecule has 0 amide bonds. The standard InChI is InChI=1S/C21H25N/c1-21(2,3)15-8-5-9-16-22(4)17-19-13-10-12-18-11-6-7-14-20(18)19/h6-8,10-15H,16-17H2,1-4H3/b15-8+. The SMILES string of the molecule is CN(CC#C/C=C/C(C)(C)C)Cc1cccc2ccccc12. The second kappa shape index (κ2) is 7.29. The highest BCUT2D eigenvalue weighted by molar-refractivity contribution is 5.85. The third-order valence-electron chi connectivity index (χ3n) is 3.44. The number of benzene rings is 2. The van der Waals surface area contributed by atoms with Crippen molar-refractivity contribution in [3.05, 3.63) is 60.2 Å². The molecule has 0 saturated carbocycles. The first-order valence-electron chi connectivity index (χ1n) is 7.77. The molecule has 0 bridgehead atoms. The monoisotopic (exact) mass is 291 g/mol. The summed E-state index contributed by atoms with van der Waals surface area (Å²) in [6.07, 6.45) is 4.11. The molecule has 0 aliphatic heterocycles. The van der Waals surface area contributed by atoms with E-state index in [2.05, 4.69) is 93.1 Å². The number of hydrogen-bond donors (Lipinski definition) is 0. The minimum atomic E-state index is 0.198.